The Labute approximate surface area is 169 Å². The zero-order valence-corrected chi connectivity index (χ0v) is 16.5. The molecule has 4 rings (SSSR count). The number of benzene rings is 1. The third-order valence-corrected chi connectivity index (χ3v) is 4.88. The van der Waals surface area contributed by atoms with Crippen LogP contribution >= 0.6 is 0 Å². The van der Waals surface area contributed by atoms with Crippen LogP contribution in [0.5, 0.6) is 11.5 Å². The first-order valence-electron chi connectivity index (χ1n) is 9.91. The molecule has 9 nitrogen and oxygen atoms in total. The van der Waals surface area contributed by atoms with Crippen molar-refractivity contribution < 1.29 is 14.3 Å². The normalized spacial score (nSPS) is 16.1. The molecule has 0 radical (unpaired) electrons. The summed E-state index contributed by atoms with van der Waals surface area (Å²) < 4.78 is 11.6. The lowest BCUT2D eigenvalue weighted by molar-refractivity contribution is -0.118. The summed E-state index contributed by atoms with van der Waals surface area (Å²) in [6.07, 6.45) is 3.48. The third-order valence-electron chi connectivity index (χ3n) is 4.88. The largest absolute Gasteiger partial charge is 0.489 e. The number of nitrogens with two attached hydrogens (primary N) is 1. The average molecular weight is 398 g/mol. The van der Waals surface area contributed by atoms with E-state index in [2.05, 4.69) is 25.5 Å². The maximum atomic E-state index is 11.8. The fourth-order valence-electron chi connectivity index (χ4n) is 3.60. The number of hydrogen-bond donors (Lipinski definition) is 3. The van der Waals surface area contributed by atoms with Crippen molar-refractivity contribution in [2.75, 3.05) is 49.2 Å². The van der Waals surface area contributed by atoms with Crippen molar-refractivity contribution in [2.24, 2.45) is 0 Å². The first-order chi connectivity index (χ1) is 14.1. The molecule has 1 fully saturated rings. The van der Waals surface area contributed by atoms with E-state index < -0.39 is 0 Å². The van der Waals surface area contributed by atoms with Crippen LogP contribution in [0.2, 0.25) is 0 Å². The van der Waals surface area contributed by atoms with Crippen LogP contribution in [0.4, 0.5) is 23.1 Å². The van der Waals surface area contributed by atoms with Gasteiger partial charge in [0.15, 0.2) is 18.1 Å². The number of likely N-dealkylation sites (tertiary alicyclic amines) is 1. The summed E-state index contributed by atoms with van der Waals surface area (Å²) in [5.41, 5.74) is 7.80. The number of aryl methyl sites for hydroxylation is 1. The number of hydrogen-bond acceptors (Lipinski definition) is 8. The highest BCUT2D eigenvalue weighted by Gasteiger charge is 2.22. The number of amides is 1. The van der Waals surface area contributed by atoms with Gasteiger partial charge in [0.2, 0.25) is 5.95 Å². The Morgan fingerprint density at radius 3 is 2.90 bits per heavy atom. The highest BCUT2D eigenvalue weighted by molar-refractivity contribution is 5.97. The van der Waals surface area contributed by atoms with E-state index in [-0.39, 0.29) is 12.5 Å². The molecule has 0 saturated carbocycles. The fourth-order valence-corrected chi connectivity index (χ4v) is 3.60. The van der Waals surface area contributed by atoms with E-state index in [1.807, 2.05) is 13.0 Å². The number of aromatic nitrogens is 2. The molecule has 1 aromatic carbocycles. The summed E-state index contributed by atoms with van der Waals surface area (Å²) in [5.74, 6) is 1.68. The molecular weight excluding hydrogens is 372 g/mol. The van der Waals surface area contributed by atoms with Crippen LogP contribution in [0.3, 0.4) is 0 Å². The molecule has 2 aromatic rings. The molecule has 0 unspecified atom stereocenters. The fraction of sp³-hybridized carbons (Fsp3) is 0.450. The second-order valence-electron chi connectivity index (χ2n) is 7.32. The Morgan fingerprint density at radius 1 is 1.28 bits per heavy atom. The zero-order valence-electron chi connectivity index (χ0n) is 16.5. The van der Waals surface area contributed by atoms with Crippen LogP contribution in [0, 0.1) is 6.92 Å². The number of carbonyl (C=O) groups is 1. The molecule has 0 bridgehead atoms. The standard InChI is InChI=1S/C20H26N6O3/c1-13-9-17(21)25-20(22-13)23-14-10-15-19(29-12-18(27)24-15)16(11-14)28-8-4-7-26-5-2-3-6-26/h9-11H,2-8,12H2,1H3,(H,24,27)(H3,21,22,23,25). The van der Waals surface area contributed by atoms with Gasteiger partial charge in [0.05, 0.1) is 12.3 Å². The van der Waals surface area contributed by atoms with E-state index in [0.29, 0.717) is 41.2 Å². The van der Waals surface area contributed by atoms with Gasteiger partial charge in [0, 0.05) is 30.1 Å². The minimum atomic E-state index is -0.203. The van der Waals surface area contributed by atoms with Gasteiger partial charge in [0.1, 0.15) is 5.82 Å². The maximum Gasteiger partial charge on any atom is 0.262 e. The van der Waals surface area contributed by atoms with E-state index in [9.17, 15) is 4.79 Å². The molecule has 1 saturated heterocycles. The summed E-state index contributed by atoms with van der Waals surface area (Å²) in [5, 5.41) is 5.96. The van der Waals surface area contributed by atoms with Crippen molar-refractivity contribution >= 4 is 29.0 Å². The summed E-state index contributed by atoms with van der Waals surface area (Å²) >= 11 is 0. The van der Waals surface area contributed by atoms with E-state index in [4.69, 9.17) is 15.2 Å². The molecule has 154 valence electrons. The molecule has 0 atom stereocenters. The molecule has 1 aromatic heterocycles. The van der Waals surface area contributed by atoms with Gasteiger partial charge in [-0.3, -0.25) is 4.79 Å². The van der Waals surface area contributed by atoms with Crippen molar-refractivity contribution in [3.63, 3.8) is 0 Å². The number of ether oxygens (including phenoxy) is 2. The van der Waals surface area contributed by atoms with Crippen LogP contribution in [0.25, 0.3) is 0 Å². The topological polar surface area (TPSA) is 115 Å². The Morgan fingerprint density at radius 2 is 2.10 bits per heavy atom. The Balaban J connectivity index is 1.50. The summed E-state index contributed by atoms with van der Waals surface area (Å²) in [7, 11) is 0. The predicted molar refractivity (Wildman–Crippen MR) is 111 cm³/mol. The number of nitrogens with zero attached hydrogens (tertiary/aromatic N) is 3. The van der Waals surface area contributed by atoms with Gasteiger partial charge < -0.3 is 30.7 Å². The quantitative estimate of drug-likeness (QED) is 0.609. The molecule has 1 amide bonds. The second-order valence-corrected chi connectivity index (χ2v) is 7.32. The first-order valence-corrected chi connectivity index (χ1v) is 9.91. The number of rotatable bonds is 7. The van der Waals surface area contributed by atoms with Gasteiger partial charge >= 0.3 is 0 Å². The summed E-state index contributed by atoms with van der Waals surface area (Å²) in [6.45, 7) is 5.75. The average Bonchev–Trinajstić information content (AvgIpc) is 3.17. The lowest BCUT2D eigenvalue weighted by Crippen LogP contribution is -2.26. The Hall–Kier alpha value is -3.07. The van der Waals surface area contributed by atoms with E-state index in [0.717, 1.165) is 18.7 Å². The number of nitrogens with one attached hydrogen (secondary N) is 2. The summed E-state index contributed by atoms with van der Waals surface area (Å²) in [6, 6.07) is 5.29. The minimum absolute atomic E-state index is 0.0264. The summed E-state index contributed by atoms with van der Waals surface area (Å²) in [4.78, 5) is 22.7. The number of carbonyl (C=O) groups excluding carboxylic acids is 1. The third kappa shape index (κ3) is 4.86. The molecule has 29 heavy (non-hydrogen) atoms. The molecule has 2 aliphatic rings. The van der Waals surface area contributed by atoms with Crippen molar-refractivity contribution in [3.8, 4) is 11.5 Å². The highest BCUT2D eigenvalue weighted by Crippen LogP contribution is 2.41. The smallest absolute Gasteiger partial charge is 0.262 e. The molecule has 0 aliphatic carbocycles. The molecule has 4 N–H and O–H groups in total. The van der Waals surface area contributed by atoms with Crippen LogP contribution in [0.1, 0.15) is 25.0 Å². The molecule has 2 aliphatic heterocycles. The molecule has 9 heteroatoms. The number of fused-ring (bicyclic) bond motifs is 1. The van der Waals surface area contributed by atoms with E-state index in [1.165, 1.54) is 25.9 Å². The van der Waals surface area contributed by atoms with Gasteiger partial charge in [-0.1, -0.05) is 0 Å². The van der Waals surface area contributed by atoms with Gasteiger partial charge in [-0.2, -0.15) is 4.98 Å². The first kappa shape index (κ1) is 19.3. The SMILES string of the molecule is Cc1cc(N)nc(Nc2cc3c(c(OCCCN4CCCC4)c2)OCC(=O)N3)n1. The Kier molecular flexibility index (Phi) is 5.66. The van der Waals surface area contributed by atoms with E-state index in [1.54, 1.807) is 12.1 Å². The van der Waals surface area contributed by atoms with Crippen LogP contribution in [-0.2, 0) is 4.79 Å². The predicted octanol–water partition coefficient (Wildman–Crippen LogP) is 2.31. The van der Waals surface area contributed by atoms with E-state index >= 15 is 0 Å². The second kappa shape index (κ2) is 8.52. The van der Waals surface area contributed by atoms with Crippen LogP contribution in [-0.4, -0.2) is 53.6 Å². The maximum absolute atomic E-state index is 11.8. The van der Waals surface area contributed by atoms with Gasteiger partial charge in [-0.25, -0.2) is 4.98 Å². The lowest BCUT2D eigenvalue weighted by Gasteiger charge is -2.22. The van der Waals surface area contributed by atoms with Crippen LogP contribution < -0.4 is 25.8 Å². The number of nitrogen functional groups attached to an aromatic ring is 1. The minimum Gasteiger partial charge on any atom is -0.489 e. The van der Waals surface area contributed by atoms with Crippen molar-refractivity contribution in [1.29, 1.82) is 0 Å². The van der Waals surface area contributed by atoms with Gasteiger partial charge in [-0.05, 0) is 45.3 Å². The molecular formula is C20H26N6O3. The van der Waals surface area contributed by atoms with Gasteiger partial charge in [-0.15, -0.1) is 0 Å². The van der Waals surface area contributed by atoms with Crippen molar-refractivity contribution in [1.82, 2.24) is 14.9 Å². The molecule has 3 heterocycles. The number of anilines is 4. The monoisotopic (exact) mass is 398 g/mol. The lowest BCUT2D eigenvalue weighted by atomic mass is 10.2. The van der Waals surface area contributed by atoms with Crippen molar-refractivity contribution in [3.05, 3.63) is 23.9 Å². The molecule has 0 spiro atoms. The van der Waals surface area contributed by atoms with Crippen molar-refractivity contribution in [2.45, 2.75) is 26.2 Å². The van der Waals surface area contributed by atoms with Crippen LogP contribution in [0.15, 0.2) is 18.2 Å². The zero-order chi connectivity index (χ0) is 20.2. The van der Waals surface area contributed by atoms with Gasteiger partial charge in [0.25, 0.3) is 5.91 Å². The Bertz CT molecular complexity index is 878. The highest BCUT2D eigenvalue weighted by atomic mass is 16.5.